The summed E-state index contributed by atoms with van der Waals surface area (Å²) >= 11 is 1.29. The lowest BCUT2D eigenvalue weighted by molar-refractivity contribution is -0.123. The summed E-state index contributed by atoms with van der Waals surface area (Å²) in [5.74, 6) is 0.145. The summed E-state index contributed by atoms with van der Waals surface area (Å²) < 4.78 is 1.66. The van der Waals surface area contributed by atoms with Crippen LogP contribution in [0.25, 0.3) is 10.9 Å². The number of ketones is 1. The van der Waals surface area contributed by atoms with Gasteiger partial charge in [0.1, 0.15) is 5.78 Å². The molecule has 1 aromatic heterocycles. The molecular formula is C31H37N3O3S. The Morgan fingerprint density at radius 2 is 1.84 bits per heavy atom. The Morgan fingerprint density at radius 3 is 2.55 bits per heavy atom. The number of amides is 1. The molecule has 0 atom stereocenters. The molecule has 7 heteroatoms. The maximum atomic E-state index is 13.6. The highest BCUT2D eigenvalue weighted by atomic mass is 32.2. The van der Waals surface area contributed by atoms with E-state index in [4.69, 9.17) is 4.98 Å². The molecule has 1 aliphatic rings. The average Bonchev–Trinajstić information content (AvgIpc) is 2.91. The summed E-state index contributed by atoms with van der Waals surface area (Å²) in [6.45, 7) is 6.72. The quantitative estimate of drug-likeness (QED) is 0.198. The number of carbonyl (C=O) groups is 2. The predicted molar refractivity (Wildman–Crippen MR) is 155 cm³/mol. The SMILES string of the molecule is CC(C)(C)C(=O)CSc1nc2cc(C(=O)NCCC3=CCCCC3)ccc2c(=O)n1CCc1ccccc1. The van der Waals surface area contributed by atoms with E-state index in [0.717, 1.165) is 24.8 Å². The van der Waals surface area contributed by atoms with E-state index in [-0.39, 0.29) is 23.0 Å². The van der Waals surface area contributed by atoms with Crippen molar-refractivity contribution in [3.63, 3.8) is 0 Å². The summed E-state index contributed by atoms with van der Waals surface area (Å²) in [6.07, 6.45) is 8.55. The van der Waals surface area contributed by atoms with Gasteiger partial charge in [0, 0.05) is 24.1 Å². The Labute approximate surface area is 228 Å². The first-order valence-electron chi connectivity index (χ1n) is 13.4. The lowest BCUT2D eigenvalue weighted by Crippen LogP contribution is -2.27. The number of carbonyl (C=O) groups excluding carboxylic acids is 2. The van der Waals surface area contributed by atoms with E-state index in [2.05, 4.69) is 11.4 Å². The molecule has 0 radical (unpaired) electrons. The van der Waals surface area contributed by atoms with Gasteiger partial charge < -0.3 is 5.32 Å². The van der Waals surface area contributed by atoms with Gasteiger partial charge in [0.05, 0.1) is 16.7 Å². The van der Waals surface area contributed by atoms with Gasteiger partial charge in [-0.25, -0.2) is 4.98 Å². The smallest absolute Gasteiger partial charge is 0.262 e. The Bertz CT molecular complexity index is 1390. The van der Waals surface area contributed by atoms with E-state index in [1.165, 1.54) is 30.2 Å². The molecule has 0 spiro atoms. The van der Waals surface area contributed by atoms with Crippen molar-refractivity contribution in [3.8, 4) is 0 Å². The first kappa shape index (κ1) is 27.8. The van der Waals surface area contributed by atoms with Crippen molar-refractivity contribution < 1.29 is 9.59 Å². The number of nitrogens with zero attached hydrogens (tertiary/aromatic N) is 2. The number of fused-ring (bicyclic) bond motifs is 1. The molecule has 0 saturated carbocycles. The third kappa shape index (κ3) is 7.22. The highest BCUT2D eigenvalue weighted by Crippen LogP contribution is 2.24. The molecule has 0 unspecified atom stereocenters. The van der Waals surface area contributed by atoms with Gasteiger partial charge in [0.2, 0.25) is 0 Å². The van der Waals surface area contributed by atoms with Gasteiger partial charge in [-0.05, 0) is 62.3 Å². The maximum Gasteiger partial charge on any atom is 0.262 e. The average molecular weight is 532 g/mol. The van der Waals surface area contributed by atoms with Crippen molar-refractivity contribution in [2.75, 3.05) is 12.3 Å². The number of thioether (sulfide) groups is 1. The highest BCUT2D eigenvalue weighted by Gasteiger charge is 2.22. The van der Waals surface area contributed by atoms with Gasteiger partial charge in [0.25, 0.3) is 11.5 Å². The maximum absolute atomic E-state index is 13.6. The summed E-state index contributed by atoms with van der Waals surface area (Å²) in [5.41, 5.74) is 2.85. The minimum Gasteiger partial charge on any atom is -0.352 e. The molecule has 1 heterocycles. The molecule has 1 aliphatic carbocycles. The summed E-state index contributed by atoms with van der Waals surface area (Å²) in [5, 5.41) is 3.97. The van der Waals surface area contributed by atoms with Crippen LogP contribution in [0.2, 0.25) is 0 Å². The molecule has 6 nitrogen and oxygen atoms in total. The van der Waals surface area contributed by atoms with Crippen molar-refractivity contribution in [1.82, 2.24) is 14.9 Å². The van der Waals surface area contributed by atoms with Crippen molar-refractivity contribution in [1.29, 1.82) is 0 Å². The van der Waals surface area contributed by atoms with Gasteiger partial charge >= 0.3 is 0 Å². The number of aryl methyl sites for hydroxylation is 1. The van der Waals surface area contributed by atoms with Crippen molar-refractivity contribution >= 4 is 34.4 Å². The Hall–Kier alpha value is -3.19. The van der Waals surface area contributed by atoms with Crippen LogP contribution in [-0.4, -0.2) is 33.5 Å². The summed E-state index contributed by atoms with van der Waals surface area (Å²) in [7, 11) is 0. The fraction of sp³-hybridized carbons (Fsp3) is 0.419. The van der Waals surface area contributed by atoms with Crippen LogP contribution < -0.4 is 10.9 Å². The molecule has 0 aliphatic heterocycles. The largest absolute Gasteiger partial charge is 0.352 e. The monoisotopic (exact) mass is 531 g/mol. The molecule has 4 rings (SSSR count). The van der Waals surface area contributed by atoms with Gasteiger partial charge in [-0.3, -0.25) is 19.0 Å². The zero-order valence-corrected chi connectivity index (χ0v) is 23.4. The van der Waals surface area contributed by atoms with Gasteiger partial charge in [0.15, 0.2) is 5.16 Å². The Balaban J connectivity index is 1.57. The minimum atomic E-state index is -0.474. The van der Waals surface area contributed by atoms with Crippen LogP contribution in [0.1, 0.15) is 68.8 Å². The molecule has 200 valence electrons. The lowest BCUT2D eigenvalue weighted by Gasteiger charge is -2.17. The van der Waals surface area contributed by atoms with Gasteiger partial charge in [-0.15, -0.1) is 0 Å². The van der Waals surface area contributed by atoms with Crippen LogP contribution in [0, 0.1) is 5.41 Å². The molecule has 2 aromatic carbocycles. The summed E-state index contributed by atoms with van der Waals surface area (Å²) in [6, 6.07) is 15.1. The zero-order chi connectivity index (χ0) is 27.1. The van der Waals surface area contributed by atoms with Crippen LogP contribution in [0.3, 0.4) is 0 Å². The predicted octanol–water partition coefficient (Wildman–Crippen LogP) is 5.97. The first-order valence-corrected chi connectivity index (χ1v) is 14.4. The lowest BCUT2D eigenvalue weighted by atomic mass is 9.92. The Morgan fingerprint density at radius 1 is 1.05 bits per heavy atom. The first-order chi connectivity index (χ1) is 18.2. The third-order valence-corrected chi connectivity index (χ3v) is 7.91. The molecule has 3 aromatic rings. The third-order valence-electron chi connectivity index (χ3n) is 6.93. The van der Waals surface area contributed by atoms with Crippen LogP contribution in [-0.2, 0) is 17.8 Å². The number of hydrogen-bond acceptors (Lipinski definition) is 5. The second kappa shape index (κ2) is 12.6. The number of hydrogen-bond donors (Lipinski definition) is 1. The van der Waals surface area contributed by atoms with Crippen molar-refractivity contribution in [2.24, 2.45) is 5.41 Å². The second-order valence-corrected chi connectivity index (χ2v) is 11.8. The number of aromatic nitrogens is 2. The number of benzene rings is 2. The normalized spacial score (nSPS) is 13.8. The molecule has 0 saturated heterocycles. The number of Topliss-reactive ketones (excluding diaryl/α,β-unsaturated/α-hetero) is 1. The van der Waals surface area contributed by atoms with Gasteiger partial charge in [-0.1, -0.05) is 74.5 Å². The van der Waals surface area contributed by atoms with E-state index in [9.17, 15) is 14.4 Å². The van der Waals surface area contributed by atoms with E-state index >= 15 is 0 Å². The second-order valence-electron chi connectivity index (χ2n) is 10.9. The number of nitrogens with one attached hydrogen (secondary N) is 1. The number of allylic oxidation sites excluding steroid dienone is 1. The van der Waals surface area contributed by atoms with E-state index < -0.39 is 5.41 Å². The van der Waals surface area contributed by atoms with Crippen LogP contribution in [0.15, 0.2) is 70.1 Å². The topological polar surface area (TPSA) is 81.1 Å². The molecule has 1 N–H and O–H groups in total. The van der Waals surface area contributed by atoms with Crippen LogP contribution in [0.5, 0.6) is 0 Å². The van der Waals surface area contributed by atoms with Crippen LogP contribution >= 0.6 is 11.8 Å². The van der Waals surface area contributed by atoms with Crippen molar-refractivity contribution in [3.05, 3.63) is 81.7 Å². The molecule has 1 amide bonds. The zero-order valence-electron chi connectivity index (χ0n) is 22.6. The number of rotatable bonds is 10. The van der Waals surface area contributed by atoms with Crippen molar-refractivity contribution in [2.45, 2.75) is 71.0 Å². The molecular weight excluding hydrogens is 494 g/mol. The minimum absolute atomic E-state index is 0.0904. The molecule has 38 heavy (non-hydrogen) atoms. The van der Waals surface area contributed by atoms with E-state index in [1.807, 2.05) is 51.1 Å². The fourth-order valence-electron chi connectivity index (χ4n) is 4.45. The standard InChI is InChI=1S/C31H37N3O3S/c1-31(2,3)27(35)21-38-30-33-26-20-24(28(36)32-18-16-22-10-6-4-7-11-22)14-15-25(26)29(37)34(30)19-17-23-12-8-5-9-13-23/h5,8-10,12-15,20H,4,6-7,11,16-19,21H2,1-3H3,(H,32,36). The Kier molecular flexibility index (Phi) is 9.21. The fourth-order valence-corrected chi connectivity index (χ4v) is 5.64. The highest BCUT2D eigenvalue weighted by molar-refractivity contribution is 7.99. The van der Waals surface area contributed by atoms with E-state index in [0.29, 0.717) is 41.1 Å². The molecule has 0 bridgehead atoms. The molecule has 0 fully saturated rings. The van der Waals surface area contributed by atoms with E-state index in [1.54, 1.807) is 22.8 Å². The summed E-state index contributed by atoms with van der Waals surface area (Å²) in [4.78, 5) is 43.8. The van der Waals surface area contributed by atoms with Crippen LogP contribution in [0.4, 0.5) is 0 Å². The van der Waals surface area contributed by atoms with Gasteiger partial charge in [-0.2, -0.15) is 0 Å².